The van der Waals surface area contributed by atoms with Gasteiger partial charge >= 0.3 is 24.6 Å². The van der Waals surface area contributed by atoms with Crippen molar-refractivity contribution in [2.24, 2.45) is 26.9 Å². The second-order valence-electron chi connectivity index (χ2n) is 10.5. The van der Waals surface area contributed by atoms with Crippen molar-refractivity contribution in [3.63, 3.8) is 0 Å². The number of nitrogens with two attached hydrogens (primary N) is 2. The zero-order chi connectivity index (χ0) is 34.6. The Morgan fingerprint density at radius 3 is 2.15 bits per heavy atom. The van der Waals surface area contributed by atoms with Crippen LogP contribution in [-0.4, -0.2) is 47.2 Å². The van der Waals surface area contributed by atoms with E-state index in [4.69, 9.17) is 16.2 Å². The minimum Gasteiger partial charge on any atom is -0.446 e. The number of benzene rings is 1. The number of guanidine groups is 1. The van der Waals surface area contributed by atoms with Crippen molar-refractivity contribution in [2.45, 2.75) is 76.9 Å². The predicted molar refractivity (Wildman–Crippen MR) is 147 cm³/mol. The Hall–Kier alpha value is -4.16. The average Bonchev–Trinajstić information content (AvgIpc) is 2.95. The fourth-order valence-corrected chi connectivity index (χ4v) is 4.77. The maximum Gasteiger partial charge on any atom is 0.433 e. The minimum atomic E-state index is -5.18. The zero-order valence-electron chi connectivity index (χ0n) is 24.7. The third kappa shape index (κ3) is 8.76. The number of alkyl halides is 9. The van der Waals surface area contributed by atoms with Gasteiger partial charge in [-0.2, -0.15) is 44.6 Å². The Balaban J connectivity index is 2.30. The van der Waals surface area contributed by atoms with Crippen LogP contribution in [0.3, 0.4) is 0 Å². The first-order chi connectivity index (χ1) is 21.3. The van der Waals surface area contributed by atoms with Crippen LogP contribution in [-0.2, 0) is 29.8 Å². The highest BCUT2D eigenvalue weighted by Crippen LogP contribution is 2.44. The van der Waals surface area contributed by atoms with Crippen LogP contribution in [0.4, 0.5) is 50.0 Å². The molecule has 254 valence electrons. The van der Waals surface area contributed by atoms with Crippen LogP contribution >= 0.6 is 0 Å². The fourth-order valence-electron chi connectivity index (χ4n) is 4.77. The summed E-state index contributed by atoms with van der Waals surface area (Å²) in [7, 11) is 0. The summed E-state index contributed by atoms with van der Waals surface area (Å²) in [4.78, 5) is 19.0. The maximum absolute atomic E-state index is 13.8. The zero-order valence-corrected chi connectivity index (χ0v) is 24.7. The first kappa shape index (κ1) is 36.3. The van der Waals surface area contributed by atoms with Gasteiger partial charge in [0.1, 0.15) is 5.69 Å². The number of nitrogens with zero attached hydrogens (tertiary/aromatic N) is 6. The van der Waals surface area contributed by atoms with Gasteiger partial charge in [0.2, 0.25) is 5.96 Å². The molecule has 0 bridgehead atoms. The van der Waals surface area contributed by atoms with Crippen molar-refractivity contribution in [3.05, 3.63) is 58.4 Å². The number of rotatable bonds is 8. The lowest BCUT2D eigenvalue weighted by atomic mass is 9.91. The van der Waals surface area contributed by atoms with E-state index in [0.717, 1.165) is 15.9 Å². The number of pyridine rings is 1. The molecule has 1 aliphatic rings. The van der Waals surface area contributed by atoms with Gasteiger partial charge in [-0.25, -0.2) is 9.78 Å². The summed E-state index contributed by atoms with van der Waals surface area (Å²) in [6.45, 7) is 3.98. The Morgan fingerprint density at radius 1 is 1.04 bits per heavy atom. The van der Waals surface area contributed by atoms with Gasteiger partial charge in [-0.05, 0) is 67.8 Å². The van der Waals surface area contributed by atoms with Gasteiger partial charge in [0.25, 0.3) is 0 Å². The Morgan fingerprint density at radius 2 is 1.65 bits per heavy atom. The molecule has 1 aromatic carbocycles. The highest BCUT2D eigenvalue weighted by atomic mass is 19.4. The van der Waals surface area contributed by atoms with E-state index in [1.165, 1.54) is 0 Å². The molecule has 3 rings (SSSR count). The van der Waals surface area contributed by atoms with Crippen LogP contribution in [0.2, 0.25) is 0 Å². The summed E-state index contributed by atoms with van der Waals surface area (Å²) in [6.07, 6.45) is -16.9. The number of ether oxygens (including phenoxy) is 1. The second kappa shape index (κ2) is 14.1. The standard InChI is InChI=1S/C27H31F9N8O2/c1-4-18-12-20(22-19(44(18)24(45)46-14(2)3)5-6-21(40-22)27(34,35)36)43(23(38)41-42-39-8-7-37)13-15-9-16(25(28,29)30)11-17(10-15)26(31,32)33/h5-6,9-11,14,18,20H,4,7-8,12-13,37H2,1-3H3,(H2,38,39,41). The summed E-state index contributed by atoms with van der Waals surface area (Å²) >= 11 is 0. The number of aromatic nitrogens is 1. The number of anilines is 1. The molecule has 1 amide bonds. The van der Waals surface area contributed by atoms with E-state index < -0.39 is 83.4 Å². The number of amides is 1. The quantitative estimate of drug-likeness (QED) is 0.104. The molecule has 2 unspecified atom stereocenters. The van der Waals surface area contributed by atoms with Gasteiger partial charge in [-0.1, -0.05) is 12.0 Å². The van der Waals surface area contributed by atoms with Crippen molar-refractivity contribution >= 4 is 17.7 Å². The maximum atomic E-state index is 13.8. The summed E-state index contributed by atoms with van der Waals surface area (Å²) in [5.41, 5.74) is 5.79. The van der Waals surface area contributed by atoms with E-state index >= 15 is 0 Å². The molecule has 2 aromatic rings. The topological polar surface area (TPSA) is 135 Å². The molecule has 1 aliphatic heterocycles. The molecule has 46 heavy (non-hydrogen) atoms. The normalized spacial score (nSPS) is 17.9. The van der Waals surface area contributed by atoms with Crippen LogP contribution in [0.1, 0.15) is 67.7 Å². The molecule has 10 nitrogen and oxygen atoms in total. The molecule has 0 fully saturated rings. The molecule has 19 heteroatoms. The van der Waals surface area contributed by atoms with Crippen molar-refractivity contribution in [3.8, 4) is 0 Å². The highest BCUT2D eigenvalue weighted by Gasteiger charge is 2.43. The Labute approximate surface area is 257 Å². The van der Waals surface area contributed by atoms with Crippen molar-refractivity contribution < 1.29 is 49.0 Å². The number of carbonyl (C=O) groups excluding carboxylic acids is 1. The van der Waals surface area contributed by atoms with Gasteiger partial charge in [-0.15, -0.1) is 0 Å². The summed E-state index contributed by atoms with van der Waals surface area (Å²) in [5.74, 6) is -0.616. The minimum absolute atomic E-state index is 0.0209. The second-order valence-corrected chi connectivity index (χ2v) is 10.5. The molecule has 0 spiro atoms. The Kier molecular flexibility index (Phi) is 11.1. The largest absolute Gasteiger partial charge is 0.446 e. The third-order valence-corrected chi connectivity index (χ3v) is 6.74. The van der Waals surface area contributed by atoms with E-state index in [2.05, 4.69) is 20.4 Å². The smallest absolute Gasteiger partial charge is 0.433 e. The average molecular weight is 671 g/mol. The number of halogens is 9. The molecule has 4 N–H and O–H groups in total. The van der Waals surface area contributed by atoms with Gasteiger partial charge in [0.05, 0.1) is 41.2 Å². The highest BCUT2D eigenvalue weighted by molar-refractivity contribution is 5.90. The van der Waals surface area contributed by atoms with Gasteiger partial charge < -0.3 is 21.1 Å². The molecule has 2 atom stereocenters. The SMILES string of the molecule is CCC1CC(N(Cc2cc(C(F)(F)F)cc(C(F)(F)F)c2)C(N)=NN=NCCN)c2nc(C(F)(F)F)ccc2N1C(=O)OC(C)C. The summed E-state index contributed by atoms with van der Waals surface area (Å²) < 4.78 is 129. The molecular weight excluding hydrogens is 639 g/mol. The van der Waals surface area contributed by atoms with Gasteiger partial charge in [0.15, 0.2) is 0 Å². The predicted octanol–water partition coefficient (Wildman–Crippen LogP) is 6.86. The van der Waals surface area contributed by atoms with Gasteiger partial charge in [0, 0.05) is 19.1 Å². The van der Waals surface area contributed by atoms with Crippen LogP contribution in [0.25, 0.3) is 0 Å². The van der Waals surface area contributed by atoms with Crippen molar-refractivity contribution in [1.29, 1.82) is 0 Å². The third-order valence-electron chi connectivity index (χ3n) is 6.74. The Bertz CT molecular complexity index is 1410. The molecule has 0 saturated heterocycles. The number of hydrogen-bond acceptors (Lipinski definition) is 6. The summed E-state index contributed by atoms with van der Waals surface area (Å²) in [6, 6.07) is 0.322. The number of hydrogen-bond donors (Lipinski definition) is 2. The summed E-state index contributed by atoms with van der Waals surface area (Å²) in [5, 5.41) is 10.8. The van der Waals surface area contributed by atoms with E-state index in [9.17, 15) is 44.3 Å². The molecule has 0 aliphatic carbocycles. The van der Waals surface area contributed by atoms with Gasteiger partial charge in [-0.3, -0.25) is 4.90 Å². The van der Waals surface area contributed by atoms with E-state index in [0.29, 0.717) is 18.2 Å². The molecular formula is C27H31F9N8O2. The lowest BCUT2D eigenvalue weighted by molar-refractivity contribution is -0.143. The van der Waals surface area contributed by atoms with E-state index in [1.807, 2.05) is 0 Å². The van der Waals surface area contributed by atoms with Crippen molar-refractivity contribution in [1.82, 2.24) is 9.88 Å². The monoisotopic (exact) mass is 670 g/mol. The number of carbonyl (C=O) groups is 1. The van der Waals surface area contributed by atoms with Crippen LogP contribution in [0.15, 0.2) is 45.8 Å². The van der Waals surface area contributed by atoms with E-state index in [1.54, 1.807) is 20.8 Å². The van der Waals surface area contributed by atoms with Crippen LogP contribution in [0, 0.1) is 0 Å². The molecule has 0 radical (unpaired) electrons. The van der Waals surface area contributed by atoms with E-state index in [-0.39, 0.29) is 37.7 Å². The van der Waals surface area contributed by atoms with Crippen LogP contribution in [0.5, 0.6) is 0 Å². The fraction of sp³-hybridized carbons (Fsp3) is 0.519. The molecule has 0 saturated carbocycles. The lowest BCUT2D eigenvalue weighted by Crippen LogP contribution is -2.50. The number of fused-ring (bicyclic) bond motifs is 1. The van der Waals surface area contributed by atoms with Crippen molar-refractivity contribution in [2.75, 3.05) is 18.0 Å². The first-order valence-corrected chi connectivity index (χ1v) is 13.8. The molecule has 2 heterocycles. The lowest BCUT2D eigenvalue weighted by Gasteiger charge is -2.43. The van der Waals surface area contributed by atoms with Crippen LogP contribution < -0.4 is 16.4 Å². The first-order valence-electron chi connectivity index (χ1n) is 13.8. The molecule has 1 aromatic heterocycles.